The van der Waals surface area contributed by atoms with Gasteiger partial charge in [0.15, 0.2) is 0 Å². The Bertz CT molecular complexity index is 2390. The lowest BCUT2D eigenvalue weighted by atomic mass is 9.98. The molecule has 0 aliphatic carbocycles. The van der Waals surface area contributed by atoms with Crippen LogP contribution in [0.25, 0.3) is 76.0 Å². The van der Waals surface area contributed by atoms with Crippen LogP contribution < -0.4 is 0 Å². The SMILES string of the molecule is c1ccc(-n2c3ccccc3c3c4ccccc4c4c5ccccc5n(-c5ccc6ncsc6c5)c4c32)cc1. The fraction of sp³-hybridized carbons (Fsp3) is 0. The Morgan fingerprint density at radius 1 is 0.487 bits per heavy atom. The molecule has 0 atom stereocenters. The van der Waals surface area contributed by atoms with E-state index in [0.717, 1.165) is 16.9 Å². The van der Waals surface area contributed by atoms with Gasteiger partial charge in [0.25, 0.3) is 0 Å². The maximum absolute atomic E-state index is 4.54. The molecular formula is C35H21N3S. The van der Waals surface area contributed by atoms with E-state index in [1.165, 1.54) is 59.1 Å². The molecule has 0 fully saturated rings. The fourth-order valence-corrected chi connectivity index (χ4v) is 7.20. The first kappa shape index (κ1) is 21.1. The summed E-state index contributed by atoms with van der Waals surface area (Å²) in [6.07, 6.45) is 0. The van der Waals surface area contributed by atoms with Crippen LogP contribution in [0.3, 0.4) is 0 Å². The summed E-state index contributed by atoms with van der Waals surface area (Å²) in [5.41, 5.74) is 10.2. The lowest BCUT2D eigenvalue weighted by Crippen LogP contribution is -1.99. The van der Waals surface area contributed by atoms with E-state index in [1.807, 2.05) is 5.51 Å². The normalized spacial score (nSPS) is 12.1. The second-order valence-electron chi connectivity index (χ2n) is 10.0. The van der Waals surface area contributed by atoms with Crippen LogP contribution in [0.2, 0.25) is 0 Å². The van der Waals surface area contributed by atoms with Crippen molar-refractivity contribution in [2.75, 3.05) is 0 Å². The largest absolute Gasteiger partial charge is 0.307 e. The zero-order valence-electron chi connectivity index (χ0n) is 20.9. The predicted molar refractivity (Wildman–Crippen MR) is 166 cm³/mol. The van der Waals surface area contributed by atoms with E-state index in [4.69, 9.17) is 0 Å². The number of fused-ring (bicyclic) bond motifs is 11. The minimum absolute atomic E-state index is 1.04. The molecule has 9 rings (SSSR count). The molecule has 0 spiro atoms. The van der Waals surface area contributed by atoms with Crippen molar-refractivity contribution in [1.29, 1.82) is 0 Å². The third-order valence-corrected chi connectivity index (χ3v) is 8.82. The molecular weight excluding hydrogens is 494 g/mol. The van der Waals surface area contributed by atoms with Crippen LogP contribution in [0.15, 0.2) is 127 Å². The topological polar surface area (TPSA) is 22.8 Å². The van der Waals surface area contributed by atoms with Crippen molar-refractivity contribution >= 4 is 75.9 Å². The van der Waals surface area contributed by atoms with Gasteiger partial charge in [-0.2, -0.15) is 0 Å². The molecule has 0 radical (unpaired) electrons. The summed E-state index contributed by atoms with van der Waals surface area (Å²) in [5, 5.41) is 7.68. The van der Waals surface area contributed by atoms with Crippen LogP contribution in [0, 0.1) is 0 Å². The molecule has 0 N–H and O–H groups in total. The van der Waals surface area contributed by atoms with Crippen LogP contribution in [-0.4, -0.2) is 14.1 Å². The highest BCUT2D eigenvalue weighted by Crippen LogP contribution is 2.46. The highest BCUT2D eigenvalue weighted by molar-refractivity contribution is 7.16. The first-order chi connectivity index (χ1) is 19.4. The van der Waals surface area contributed by atoms with Gasteiger partial charge in [-0.05, 0) is 53.2 Å². The summed E-state index contributed by atoms with van der Waals surface area (Å²) >= 11 is 1.69. The van der Waals surface area contributed by atoms with Crippen molar-refractivity contribution in [3.8, 4) is 11.4 Å². The Kier molecular flexibility index (Phi) is 4.21. The number of rotatable bonds is 2. The van der Waals surface area contributed by atoms with Gasteiger partial charge in [0.05, 0.1) is 37.8 Å². The van der Waals surface area contributed by atoms with E-state index in [0.29, 0.717) is 0 Å². The van der Waals surface area contributed by atoms with Crippen LogP contribution in [0.4, 0.5) is 0 Å². The van der Waals surface area contributed by atoms with E-state index >= 15 is 0 Å². The zero-order chi connectivity index (χ0) is 25.5. The third-order valence-electron chi connectivity index (χ3n) is 8.03. The van der Waals surface area contributed by atoms with Crippen molar-refractivity contribution in [2.45, 2.75) is 0 Å². The highest BCUT2D eigenvalue weighted by Gasteiger charge is 2.24. The molecule has 0 aliphatic heterocycles. The molecule has 4 heteroatoms. The summed E-state index contributed by atoms with van der Waals surface area (Å²) < 4.78 is 6.12. The molecule has 6 aromatic carbocycles. The van der Waals surface area contributed by atoms with Crippen LogP contribution in [0.5, 0.6) is 0 Å². The van der Waals surface area contributed by atoms with Gasteiger partial charge in [0.2, 0.25) is 0 Å². The number of hydrogen-bond acceptors (Lipinski definition) is 2. The molecule has 182 valence electrons. The molecule has 9 aromatic rings. The van der Waals surface area contributed by atoms with Crippen LogP contribution >= 0.6 is 11.3 Å². The standard InChI is InChI=1S/C35H21N3S/c1-2-10-22(11-3-1)37-29-16-8-6-14-26(29)32-24-12-4-5-13-25(24)33-27-15-7-9-17-30(27)38(35(33)34(32)37)23-18-19-28-31(20-23)39-21-36-28/h1-21H. The summed E-state index contributed by atoms with van der Waals surface area (Å²) in [7, 11) is 0. The van der Waals surface area contributed by atoms with E-state index in [9.17, 15) is 0 Å². The van der Waals surface area contributed by atoms with Crippen molar-refractivity contribution in [3.63, 3.8) is 0 Å². The molecule has 0 amide bonds. The van der Waals surface area contributed by atoms with Gasteiger partial charge < -0.3 is 9.13 Å². The highest BCUT2D eigenvalue weighted by atomic mass is 32.1. The first-order valence-electron chi connectivity index (χ1n) is 13.1. The third kappa shape index (κ3) is 2.78. The predicted octanol–water partition coefficient (Wildman–Crippen LogP) is 9.64. The number of aromatic nitrogens is 3. The van der Waals surface area contributed by atoms with E-state index in [1.54, 1.807) is 11.3 Å². The number of hydrogen-bond donors (Lipinski definition) is 0. The molecule has 0 bridgehead atoms. The first-order valence-corrected chi connectivity index (χ1v) is 14.0. The van der Waals surface area contributed by atoms with Crippen molar-refractivity contribution < 1.29 is 0 Å². The Morgan fingerprint density at radius 3 is 1.67 bits per heavy atom. The van der Waals surface area contributed by atoms with E-state index in [-0.39, 0.29) is 0 Å². The van der Waals surface area contributed by atoms with E-state index in [2.05, 4.69) is 135 Å². The average Bonchev–Trinajstić information content (AvgIpc) is 3.70. The number of nitrogens with zero attached hydrogens (tertiary/aromatic N) is 3. The number of para-hydroxylation sites is 3. The lowest BCUT2D eigenvalue weighted by Gasteiger charge is -2.14. The Labute approximate surface area is 227 Å². The fourth-order valence-electron chi connectivity index (χ4n) is 6.49. The van der Waals surface area contributed by atoms with Crippen molar-refractivity contribution in [3.05, 3.63) is 127 Å². The molecule has 0 aliphatic rings. The van der Waals surface area contributed by atoms with Gasteiger partial charge in [-0.3, -0.25) is 0 Å². The maximum atomic E-state index is 4.54. The molecule has 3 aromatic heterocycles. The lowest BCUT2D eigenvalue weighted by molar-refractivity contribution is 1.15. The second kappa shape index (κ2) is 7.79. The molecule has 3 nitrogen and oxygen atoms in total. The van der Waals surface area contributed by atoms with Gasteiger partial charge in [0.1, 0.15) is 0 Å². The summed E-state index contributed by atoms with van der Waals surface area (Å²) in [6, 6.07) is 44.0. The smallest absolute Gasteiger partial charge is 0.0813 e. The van der Waals surface area contributed by atoms with Crippen LogP contribution in [-0.2, 0) is 0 Å². The Hall–Kier alpha value is -4.93. The van der Waals surface area contributed by atoms with Gasteiger partial charge in [-0.1, -0.05) is 78.9 Å². The van der Waals surface area contributed by atoms with Gasteiger partial charge >= 0.3 is 0 Å². The molecule has 0 unspecified atom stereocenters. The van der Waals surface area contributed by atoms with Gasteiger partial charge in [-0.15, -0.1) is 11.3 Å². The maximum Gasteiger partial charge on any atom is 0.0813 e. The Balaban J connectivity index is 1.64. The monoisotopic (exact) mass is 515 g/mol. The van der Waals surface area contributed by atoms with Crippen LogP contribution in [0.1, 0.15) is 0 Å². The average molecular weight is 516 g/mol. The summed E-state index contributed by atoms with van der Waals surface area (Å²) in [4.78, 5) is 4.54. The van der Waals surface area contributed by atoms with E-state index < -0.39 is 0 Å². The second-order valence-corrected chi connectivity index (χ2v) is 10.9. The molecule has 0 saturated carbocycles. The minimum atomic E-state index is 1.04. The van der Waals surface area contributed by atoms with Crippen molar-refractivity contribution in [2.24, 2.45) is 0 Å². The minimum Gasteiger partial charge on any atom is -0.307 e. The summed E-state index contributed by atoms with van der Waals surface area (Å²) in [6.45, 7) is 0. The number of benzene rings is 6. The molecule has 0 saturated heterocycles. The van der Waals surface area contributed by atoms with Crippen molar-refractivity contribution in [1.82, 2.24) is 14.1 Å². The Morgan fingerprint density at radius 2 is 1.03 bits per heavy atom. The molecule has 39 heavy (non-hydrogen) atoms. The molecule has 3 heterocycles. The quantitative estimate of drug-likeness (QED) is 0.225. The summed E-state index contributed by atoms with van der Waals surface area (Å²) in [5.74, 6) is 0. The number of thiazole rings is 1. The zero-order valence-corrected chi connectivity index (χ0v) is 21.7. The van der Waals surface area contributed by atoms with Gasteiger partial charge in [-0.25, -0.2) is 4.98 Å². The van der Waals surface area contributed by atoms with Gasteiger partial charge in [0, 0.05) is 32.9 Å².